The van der Waals surface area contributed by atoms with E-state index in [1.807, 2.05) is 12.1 Å². The molecule has 0 saturated heterocycles. The fourth-order valence-corrected chi connectivity index (χ4v) is 3.32. The molecule has 1 heterocycles. The number of nitro benzene ring substituents is 1. The predicted molar refractivity (Wildman–Crippen MR) is 80.8 cm³/mol. The van der Waals surface area contributed by atoms with Gasteiger partial charge in [0.15, 0.2) is 0 Å². The van der Waals surface area contributed by atoms with Gasteiger partial charge in [-0.3, -0.25) is 15.1 Å². The maximum atomic E-state index is 11.1. The lowest BCUT2D eigenvalue weighted by atomic mass is 9.83. The van der Waals surface area contributed by atoms with Crippen molar-refractivity contribution in [1.82, 2.24) is 4.98 Å². The quantitative estimate of drug-likeness (QED) is 0.626. The smallest absolute Gasteiger partial charge is 0.313 e. The summed E-state index contributed by atoms with van der Waals surface area (Å²) < 4.78 is 5.26. The van der Waals surface area contributed by atoms with Crippen LogP contribution >= 0.6 is 0 Å². The predicted octanol–water partition coefficient (Wildman–Crippen LogP) is 4.20. The van der Waals surface area contributed by atoms with Crippen LogP contribution in [0.2, 0.25) is 0 Å². The SMILES string of the molecule is COc1c([N+](=O)[O-])ccc2c(C3CCCCC3)ccnc12. The first-order valence-corrected chi connectivity index (χ1v) is 7.32. The number of pyridine rings is 1. The minimum absolute atomic E-state index is 0.0294. The Balaban J connectivity index is 2.17. The Kier molecular flexibility index (Phi) is 3.73. The average molecular weight is 286 g/mol. The lowest BCUT2D eigenvalue weighted by molar-refractivity contribution is -0.385. The van der Waals surface area contributed by atoms with E-state index in [2.05, 4.69) is 4.98 Å². The van der Waals surface area contributed by atoms with Crippen LogP contribution in [0.25, 0.3) is 10.9 Å². The molecule has 0 aliphatic heterocycles. The molecule has 1 aromatic heterocycles. The number of ether oxygens (including phenoxy) is 1. The highest BCUT2D eigenvalue weighted by Crippen LogP contribution is 2.40. The second-order valence-corrected chi connectivity index (χ2v) is 5.51. The van der Waals surface area contributed by atoms with Crippen molar-refractivity contribution in [3.8, 4) is 5.75 Å². The summed E-state index contributed by atoms with van der Waals surface area (Å²) in [6, 6.07) is 5.38. The summed E-state index contributed by atoms with van der Waals surface area (Å²) in [5.74, 6) is 0.783. The number of nitrogens with zero attached hydrogens (tertiary/aromatic N) is 2. The fourth-order valence-electron chi connectivity index (χ4n) is 3.32. The Bertz CT molecular complexity index is 679. The molecular weight excluding hydrogens is 268 g/mol. The molecule has 1 fully saturated rings. The molecule has 0 amide bonds. The second kappa shape index (κ2) is 5.68. The number of hydrogen-bond acceptors (Lipinski definition) is 4. The Hall–Kier alpha value is -2.17. The Morgan fingerprint density at radius 1 is 1.24 bits per heavy atom. The van der Waals surface area contributed by atoms with Crippen LogP contribution < -0.4 is 4.74 Å². The summed E-state index contributed by atoms with van der Waals surface area (Å²) in [6.45, 7) is 0. The fraction of sp³-hybridized carbons (Fsp3) is 0.438. The minimum Gasteiger partial charge on any atom is -0.489 e. The Morgan fingerprint density at radius 3 is 2.67 bits per heavy atom. The van der Waals surface area contributed by atoms with Crippen LogP contribution in [-0.2, 0) is 0 Å². The van der Waals surface area contributed by atoms with Crippen molar-refractivity contribution in [3.63, 3.8) is 0 Å². The van der Waals surface area contributed by atoms with E-state index in [1.54, 1.807) is 6.20 Å². The van der Waals surface area contributed by atoms with Crippen LogP contribution in [0.4, 0.5) is 5.69 Å². The van der Waals surface area contributed by atoms with Crippen molar-refractivity contribution in [3.05, 3.63) is 40.1 Å². The zero-order valence-electron chi connectivity index (χ0n) is 12.0. The van der Waals surface area contributed by atoms with Gasteiger partial charge < -0.3 is 4.74 Å². The van der Waals surface area contributed by atoms with Crippen molar-refractivity contribution in [2.24, 2.45) is 0 Å². The van der Waals surface area contributed by atoms with E-state index in [0.29, 0.717) is 11.4 Å². The molecule has 1 aliphatic rings. The number of hydrogen-bond donors (Lipinski definition) is 0. The monoisotopic (exact) mass is 286 g/mol. The van der Waals surface area contributed by atoms with Crippen LogP contribution in [0.15, 0.2) is 24.4 Å². The van der Waals surface area contributed by atoms with E-state index >= 15 is 0 Å². The van der Waals surface area contributed by atoms with Crippen LogP contribution in [0.5, 0.6) is 5.75 Å². The zero-order valence-corrected chi connectivity index (χ0v) is 12.0. The molecule has 0 bridgehead atoms. The minimum atomic E-state index is -0.423. The number of aromatic nitrogens is 1. The average Bonchev–Trinajstić information content (AvgIpc) is 2.53. The van der Waals surface area contributed by atoms with Crippen molar-refractivity contribution in [2.75, 3.05) is 7.11 Å². The van der Waals surface area contributed by atoms with Crippen molar-refractivity contribution < 1.29 is 9.66 Å². The highest BCUT2D eigenvalue weighted by Gasteiger charge is 2.23. The maximum absolute atomic E-state index is 11.1. The Labute approximate surface area is 123 Å². The van der Waals surface area contributed by atoms with Gasteiger partial charge in [-0.2, -0.15) is 0 Å². The molecule has 0 unspecified atom stereocenters. The first-order valence-electron chi connectivity index (χ1n) is 7.32. The lowest BCUT2D eigenvalue weighted by Gasteiger charge is -2.23. The van der Waals surface area contributed by atoms with Gasteiger partial charge in [0.05, 0.1) is 12.0 Å². The molecule has 1 saturated carbocycles. The van der Waals surface area contributed by atoms with Crippen LogP contribution in [0.3, 0.4) is 0 Å². The summed E-state index contributed by atoms with van der Waals surface area (Å²) >= 11 is 0. The summed E-state index contributed by atoms with van der Waals surface area (Å²) in [4.78, 5) is 15.0. The highest BCUT2D eigenvalue weighted by molar-refractivity contribution is 5.91. The van der Waals surface area contributed by atoms with E-state index in [9.17, 15) is 10.1 Å². The lowest BCUT2D eigenvalue weighted by Crippen LogP contribution is -2.06. The molecule has 5 heteroatoms. The number of nitro groups is 1. The highest BCUT2D eigenvalue weighted by atomic mass is 16.6. The normalized spacial score (nSPS) is 16.0. The maximum Gasteiger partial charge on any atom is 0.313 e. The van der Waals surface area contributed by atoms with E-state index < -0.39 is 4.92 Å². The molecule has 0 atom stereocenters. The molecule has 110 valence electrons. The molecular formula is C16H18N2O3. The summed E-state index contributed by atoms with van der Waals surface area (Å²) in [5.41, 5.74) is 1.81. The molecule has 5 nitrogen and oxygen atoms in total. The van der Waals surface area contributed by atoms with Gasteiger partial charge in [0.1, 0.15) is 5.52 Å². The largest absolute Gasteiger partial charge is 0.489 e. The van der Waals surface area contributed by atoms with E-state index in [4.69, 9.17) is 4.74 Å². The number of rotatable bonds is 3. The number of fused-ring (bicyclic) bond motifs is 1. The first-order chi connectivity index (χ1) is 10.2. The van der Waals surface area contributed by atoms with E-state index in [1.165, 1.54) is 50.8 Å². The third kappa shape index (κ3) is 2.44. The van der Waals surface area contributed by atoms with Gasteiger partial charge >= 0.3 is 5.69 Å². The zero-order chi connectivity index (χ0) is 14.8. The number of methoxy groups -OCH3 is 1. The van der Waals surface area contributed by atoms with Gasteiger partial charge in [-0.05, 0) is 36.5 Å². The van der Waals surface area contributed by atoms with Crippen LogP contribution in [-0.4, -0.2) is 17.0 Å². The van der Waals surface area contributed by atoms with Gasteiger partial charge in [-0.25, -0.2) is 0 Å². The molecule has 1 aromatic carbocycles. The van der Waals surface area contributed by atoms with Gasteiger partial charge in [-0.15, -0.1) is 0 Å². The van der Waals surface area contributed by atoms with Crippen molar-refractivity contribution in [2.45, 2.75) is 38.0 Å². The van der Waals surface area contributed by atoms with E-state index in [-0.39, 0.29) is 11.4 Å². The van der Waals surface area contributed by atoms with Gasteiger partial charge in [0.25, 0.3) is 0 Å². The molecule has 3 rings (SSSR count). The topological polar surface area (TPSA) is 65.3 Å². The van der Waals surface area contributed by atoms with Gasteiger partial charge in [0.2, 0.25) is 5.75 Å². The van der Waals surface area contributed by atoms with Crippen LogP contribution in [0.1, 0.15) is 43.6 Å². The summed E-state index contributed by atoms with van der Waals surface area (Å²) in [7, 11) is 1.46. The number of benzene rings is 1. The molecule has 1 aliphatic carbocycles. The second-order valence-electron chi connectivity index (χ2n) is 5.51. The van der Waals surface area contributed by atoms with Gasteiger partial charge in [-0.1, -0.05) is 19.3 Å². The van der Waals surface area contributed by atoms with Gasteiger partial charge in [0, 0.05) is 17.6 Å². The summed E-state index contributed by atoms with van der Waals surface area (Å²) in [6.07, 6.45) is 7.89. The van der Waals surface area contributed by atoms with E-state index in [0.717, 1.165) is 5.39 Å². The molecule has 21 heavy (non-hydrogen) atoms. The van der Waals surface area contributed by atoms with Crippen molar-refractivity contribution >= 4 is 16.6 Å². The third-order valence-corrected chi connectivity index (χ3v) is 4.33. The molecule has 0 radical (unpaired) electrons. The standard InChI is InChI=1S/C16H18N2O3/c1-21-16-14(18(19)20)8-7-13-12(9-10-17-15(13)16)11-5-3-2-4-6-11/h7-11H,2-6H2,1H3. The van der Waals surface area contributed by atoms with Crippen LogP contribution in [0, 0.1) is 10.1 Å². The molecule has 2 aromatic rings. The summed E-state index contributed by atoms with van der Waals surface area (Å²) in [5, 5.41) is 12.1. The first kappa shape index (κ1) is 13.8. The molecule has 0 spiro atoms. The molecule has 0 N–H and O–H groups in total. The Morgan fingerprint density at radius 2 is 2.00 bits per heavy atom. The third-order valence-electron chi connectivity index (χ3n) is 4.33. The van der Waals surface area contributed by atoms with Crippen molar-refractivity contribution in [1.29, 1.82) is 0 Å².